The molecule has 1 saturated heterocycles. The molecular formula is C22H31N5O4. The number of nitrogens with one attached hydrogen (secondary N) is 1. The summed E-state index contributed by atoms with van der Waals surface area (Å²) in [6.45, 7) is 8.02. The van der Waals surface area contributed by atoms with Crippen molar-refractivity contribution in [3.8, 4) is 0 Å². The van der Waals surface area contributed by atoms with E-state index in [-0.39, 0.29) is 18.1 Å². The van der Waals surface area contributed by atoms with Crippen molar-refractivity contribution in [1.29, 1.82) is 0 Å². The molecule has 1 aliphatic heterocycles. The van der Waals surface area contributed by atoms with Crippen molar-refractivity contribution in [3.05, 3.63) is 50.7 Å². The molecule has 9 heteroatoms. The van der Waals surface area contributed by atoms with E-state index in [0.717, 1.165) is 10.1 Å². The van der Waals surface area contributed by atoms with E-state index in [1.54, 1.807) is 0 Å². The molecule has 2 aromatic rings. The van der Waals surface area contributed by atoms with E-state index in [2.05, 4.69) is 19.2 Å². The Morgan fingerprint density at radius 2 is 1.77 bits per heavy atom. The number of rotatable bonds is 7. The molecule has 1 amide bonds. The van der Waals surface area contributed by atoms with Crippen LogP contribution in [0.3, 0.4) is 0 Å². The molecule has 0 spiro atoms. The standard InChI is InChI=1S/C22H31N5O4/c1-4-9-26-20(23)19(25-10-12-31-13-11-25)21(29)27(22(26)30)14-18(28)24-17-7-5-16(6-8-17)15(2)3/h5-8,15H,4,9-14,23H2,1-3H3,(H,24,28). The Kier molecular flexibility index (Phi) is 7.17. The van der Waals surface area contributed by atoms with Gasteiger partial charge in [-0.25, -0.2) is 9.36 Å². The zero-order valence-electron chi connectivity index (χ0n) is 18.4. The number of aromatic nitrogens is 2. The highest BCUT2D eigenvalue weighted by molar-refractivity contribution is 5.90. The summed E-state index contributed by atoms with van der Waals surface area (Å²) < 4.78 is 7.70. The number of nitrogen functional groups attached to an aromatic ring is 1. The first-order chi connectivity index (χ1) is 14.8. The van der Waals surface area contributed by atoms with Gasteiger partial charge >= 0.3 is 5.69 Å². The van der Waals surface area contributed by atoms with Crippen molar-refractivity contribution < 1.29 is 9.53 Å². The fourth-order valence-electron chi connectivity index (χ4n) is 3.66. The molecule has 1 aliphatic rings. The average molecular weight is 430 g/mol. The van der Waals surface area contributed by atoms with Gasteiger partial charge in [0.05, 0.1) is 13.2 Å². The second-order valence-electron chi connectivity index (χ2n) is 7.98. The first-order valence-electron chi connectivity index (χ1n) is 10.7. The first-order valence-corrected chi connectivity index (χ1v) is 10.7. The lowest BCUT2D eigenvalue weighted by molar-refractivity contribution is -0.116. The van der Waals surface area contributed by atoms with Crippen LogP contribution in [0.2, 0.25) is 0 Å². The predicted molar refractivity (Wildman–Crippen MR) is 122 cm³/mol. The Morgan fingerprint density at radius 3 is 2.35 bits per heavy atom. The monoisotopic (exact) mass is 429 g/mol. The van der Waals surface area contributed by atoms with Gasteiger partial charge in [-0.1, -0.05) is 32.9 Å². The van der Waals surface area contributed by atoms with Gasteiger partial charge in [0.1, 0.15) is 18.1 Å². The van der Waals surface area contributed by atoms with Crippen LogP contribution in [-0.4, -0.2) is 41.3 Å². The van der Waals surface area contributed by atoms with Gasteiger partial charge in [0, 0.05) is 25.3 Å². The number of nitrogens with two attached hydrogens (primary N) is 1. The summed E-state index contributed by atoms with van der Waals surface area (Å²) in [7, 11) is 0. The zero-order valence-corrected chi connectivity index (χ0v) is 18.4. The summed E-state index contributed by atoms with van der Waals surface area (Å²) in [6.07, 6.45) is 0.666. The Hall–Kier alpha value is -3.07. The molecule has 0 unspecified atom stereocenters. The number of hydrogen-bond acceptors (Lipinski definition) is 6. The van der Waals surface area contributed by atoms with E-state index < -0.39 is 17.2 Å². The third-order valence-corrected chi connectivity index (χ3v) is 5.38. The first kappa shape index (κ1) is 22.6. The highest BCUT2D eigenvalue weighted by atomic mass is 16.5. The Labute approximate surface area is 181 Å². The summed E-state index contributed by atoms with van der Waals surface area (Å²) >= 11 is 0. The molecular weight excluding hydrogens is 398 g/mol. The van der Waals surface area contributed by atoms with Crippen LogP contribution < -0.4 is 27.2 Å². The van der Waals surface area contributed by atoms with Gasteiger partial charge in [0.2, 0.25) is 5.91 Å². The number of carbonyl (C=O) groups is 1. The van der Waals surface area contributed by atoms with E-state index in [4.69, 9.17) is 10.5 Å². The summed E-state index contributed by atoms with van der Waals surface area (Å²) in [5.74, 6) is 0.0747. The predicted octanol–water partition coefficient (Wildman–Crippen LogP) is 1.60. The van der Waals surface area contributed by atoms with Gasteiger partial charge in [-0.2, -0.15) is 0 Å². The van der Waals surface area contributed by atoms with Crippen LogP contribution in [0.1, 0.15) is 38.7 Å². The highest BCUT2D eigenvalue weighted by Gasteiger charge is 2.24. The van der Waals surface area contributed by atoms with Gasteiger partial charge in [-0.3, -0.25) is 14.2 Å². The molecule has 0 bridgehead atoms. The maximum absolute atomic E-state index is 13.2. The molecule has 1 aromatic heterocycles. The van der Waals surface area contributed by atoms with E-state index in [1.165, 1.54) is 4.57 Å². The lowest BCUT2D eigenvalue weighted by atomic mass is 10.0. The normalized spacial score (nSPS) is 14.1. The van der Waals surface area contributed by atoms with Crippen LogP contribution in [0.15, 0.2) is 33.9 Å². The molecule has 3 N–H and O–H groups in total. The van der Waals surface area contributed by atoms with Crippen molar-refractivity contribution in [2.75, 3.05) is 42.3 Å². The fourth-order valence-corrected chi connectivity index (χ4v) is 3.66. The second-order valence-corrected chi connectivity index (χ2v) is 7.98. The van der Waals surface area contributed by atoms with Crippen molar-refractivity contribution >= 4 is 23.1 Å². The highest BCUT2D eigenvalue weighted by Crippen LogP contribution is 2.19. The summed E-state index contributed by atoms with van der Waals surface area (Å²) in [6, 6.07) is 7.52. The number of anilines is 3. The molecule has 0 atom stereocenters. The minimum atomic E-state index is -0.577. The molecule has 0 aliphatic carbocycles. The van der Waals surface area contributed by atoms with Crippen LogP contribution in [0.4, 0.5) is 17.2 Å². The van der Waals surface area contributed by atoms with Crippen LogP contribution in [0.5, 0.6) is 0 Å². The van der Waals surface area contributed by atoms with Gasteiger partial charge in [-0.15, -0.1) is 0 Å². The largest absolute Gasteiger partial charge is 0.383 e. The van der Waals surface area contributed by atoms with Crippen molar-refractivity contribution in [2.45, 2.75) is 46.2 Å². The number of benzene rings is 1. The number of nitrogens with zero attached hydrogens (tertiary/aromatic N) is 3. The average Bonchev–Trinajstić information content (AvgIpc) is 2.75. The molecule has 0 radical (unpaired) electrons. The van der Waals surface area contributed by atoms with E-state index >= 15 is 0 Å². The third-order valence-electron chi connectivity index (χ3n) is 5.38. The fraction of sp³-hybridized carbons (Fsp3) is 0.500. The topological polar surface area (TPSA) is 112 Å². The minimum Gasteiger partial charge on any atom is -0.383 e. The summed E-state index contributed by atoms with van der Waals surface area (Å²) in [5, 5.41) is 2.76. The molecule has 3 rings (SSSR count). The van der Waals surface area contributed by atoms with Crippen molar-refractivity contribution in [1.82, 2.24) is 9.13 Å². The number of hydrogen-bond donors (Lipinski definition) is 2. The van der Waals surface area contributed by atoms with Gasteiger partial charge in [0.15, 0.2) is 0 Å². The minimum absolute atomic E-state index is 0.139. The molecule has 168 valence electrons. The lowest BCUT2D eigenvalue weighted by Crippen LogP contribution is -2.48. The quantitative estimate of drug-likeness (QED) is 0.692. The maximum Gasteiger partial charge on any atom is 0.333 e. The maximum atomic E-state index is 13.2. The van der Waals surface area contributed by atoms with Crippen LogP contribution in [-0.2, 0) is 22.6 Å². The van der Waals surface area contributed by atoms with E-state index in [1.807, 2.05) is 36.1 Å². The number of morpholine rings is 1. The SMILES string of the molecule is CCCn1c(N)c(N2CCOCC2)c(=O)n(CC(=O)Nc2ccc(C(C)C)cc2)c1=O. The van der Waals surface area contributed by atoms with Crippen LogP contribution >= 0.6 is 0 Å². The number of carbonyl (C=O) groups excluding carboxylic acids is 1. The van der Waals surface area contributed by atoms with Crippen molar-refractivity contribution in [2.24, 2.45) is 0 Å². The smallest absolute Gasteiger partial charge is 0.333 e. The summed E-state index contributed by atoms with van der Waals surface area (Å²) in [5.41, 5.74) is 7.12. The Bertz CT molecular complexity index is 1030. The number of ether oxygens (including phenoxy) is 1. The van der Waals surface area contributed by atoms with Gasteiger partial charge in [-0.05, 0) is 30.0 Å². The Balaban J connectivity index is 1.92. The third kappa shape index (κ3) is 4.99. The Morgan fingerprint density at radius 1 is 1.13 bits per heavy atom. The lowest BCUT2D eigenvalue weighted by Gasteiger charge is -2.30. The van der Waals surface area contributed by atoms with Crippen molar-refractivity contribution in [3.63, 3.8) is 0 Å². The van der Waals surface area contributed by atoms with Gasteiger partial charge in [0.25, 0.3) is 5.56 Å². The zero-order chi connectivity index (χ0) is 22.5. The van der Waals surface area contributed by atoms with E-state index in [9.17, 15) is 14.4 Å². The second kappa shape index (κ2) is 9.82. The van der Waals surface area contributed by atoms with Gasteiger partial charge < -0.3 is 20.7 Å². The summed E-state index contributed by atoms with van der Waals surface area (Å²) in [4.78, 5) is 40.6. The van der Waals surface area contributed by atoms with Crippen LogP contribution in [0, 0.1) is 0 Å². The molecule has 0 saturated carbocycles. The molecule has 1 aromatic carbocycles. The molecule has 2 heterocycles. The number of amides is 1. The van der Waals surface area contributed by atoms with E-state index in [0.29, 0.717) is 50.9 Å². The molecule has 9 nitrogen and oxygen atoms in total. The molecule has 31 heavy (non-hydrogen) atoms. The molecule has 1 fully saturated rings. The van der Waals surface area contributed by atoms with Crippen LogP contribution in [0.25, 0.3) is 0 Å².